The summed E-state index contributed by atoms with van der Waals surface area (Å²) < 4.78 is 20.7. The van der Waals surface area contributed by atoms with Crippen molar-refractivity contribution < 1.29 is 13.6 Å². The van der Waals surface area contributed by atoms with E-state index in [0.29, 0.717) is 24.4 Å². The monoisotopic (exact) mass is 314 g/mol. The predicted molar refractivity (Wildman–Crippen MR) is 86.9 cm³/mol. The molecule has 0 saturated carbocycles. The number of carbonyl (C=O) groups excluding carboxylic acids is 1. The van der Waals surface area contributed by atoms with Gasteiger partial charge in [0.05, 0.1) is 11.8 Å². The maximum Gasteiger partial charge on any atom is 0.268 e. The standard InChI is InChI=1S/C18H19FN2O2/c1-2-3-8-20-18(22)16-11-17-15(7-9-23-17)21(16)12-13-5-4-6-14(19)10-13/h4-7,9-11H,2-3,8,12H2,1H3,(H,20,22). The molecule has 23 heavy (non-hydrogen) atoms. The lowest BCUT2D eigenvalue weighted by atomic mass is 10.2. The molecule has 0 aliphatic carbocycles. The molecule has 0 unspecified atom stereocenters. The number of rotatable bonds is 6. The fraction of sp³-hybridized carbons (Fsp3) is 0.278. The van der Waals surface area contributed by atoms with E-state index < -0.39 is 0 Å². The maximum absolute atomic E-state index is 13.4. The Morgan fingerprint density at radius 1 is 1.30 bits per heavy atom. The lowest BCUT2D eigenvalue weighted by Crippen LogP contribution is -2.27. The molecule has 1 N–H and O–H groups in total. The van der Waals surface area contributed by atoms with Gasteiger partial charge in [-0.05, 0) is 24.1 Å². The number of halogens is 1. The molecule has 120 valence electrons. The van der Waals surface area contributed by atoms with Crippen molar-refractivity contribution in [2.24, 2.45) is 0 Å². The summed E-state index contributed by atoms with van der Waals surface area (Å²) in [6, 6.07) is 9.94. The van der Waals surface area contributed by atoms with Crippen molar-refractivity contribution in [1.82, 2.24) is 9.88 Å². The molecule has 1 aromatic carbocycles. The van der Waals surface area contributed by atoms with E-state index >= 15 is 0 Å². The lowest BCUT2D eigenvalue weighted by molar-refractivity contribution is 0.0944. The number of fused-ring (bicyclic) bond motifs is 1. The number of unbranched alkanes of at least 4 members (excludes halogenated alkanes) is 1. The molecule has 3 aromatic rings. The molecule has 3 rings (SSSR count). The second-order valence-corrected chi connectivity index (χ2v) is 5.53. The van der Waals surface area contributed by atoms with Crippen molar-refractivity contribution in [1.29, 1.82) is 0 Å². The van der Waals surface area contributed by atoms with Gasteiger partial charge in [-0.15, -0.1) is 0 Å². The van der Waals surface area contributed by atoms with Crippen LogP contribution in [0.3, 0.4) is 0 Å². The summed E-state index contributed by atoms with van der Waals surface area (Å²) in [5.41, 5.74) is 2.81. The van der Waals surface area contributed by atoms with Gasteiger partial charge < -0.3 is 14.3 Å². The molecule has 2 heterocycles. The second kappa shape index (κ2) is 6.69. The van der Waals surface area contributed by atoms with E-state index in [0.717, 1.165) is 23.9 Å². The van der Waals surface area contributed by atoms with Crippen LogP contribution in [0.5, 0.6) is 0 Å². The van der Waals surface area contributed by atoms with Crippen LogP contribution >= 0.6 is 0 Å². The van der Waals surface area contributed by atoms with E-state index in [-0.39, 0.29) is 11.7 Å². The first kappa shape index (κ1) is 15.3. The van der Waals surface area contributed by atoms with Crippen molar-refractivity contribution in [3.63, 3.8) is 0 Å². The highest BCUT2D eigenvalue weighted by atomic mass is 19.1. The summed E-state index contributed by atoms with van der Waals surface area (Å²) in [7, 11) is 0. The normalized spacial score (nSPS) is 11.0. The van der Waals surface area contributed by atoms with E-state index in [9.17, 15) is 9.18 Å². The Kier molecular flexibility index (Phi) is 4.46. The van der Waals surface area contributed by atoms with Gasteiger partial charge in [0.2, 0.25) is 0 Å². The number of aromatic nitrogens is 1. The van der Waals surface area contributed by atoms with Crippen molar-refractivity contribution in [3.05, 3.63) is 59.7 Å². The van der Waals surface area contributed by atoms with Crippen molar-refractivity contribution >= 4 is 17.0 Å². The molecule has 0 aliphatic heterocycles. The molecule has 0 aliphatic rings. The van der Waals surface area contributed by atoms with Gasteiger partial charge in [0, 0.05) is 25.2 Å². The predicted octanol–water partition coefficient (Wildman–Crippen LogP) is 3.95. The Balaban J connectivity index is 1.92. The minimum atomic E-state index is -0.285. The highest BCUT2D eigenvalue weighted by molar-refractivity contribution is 5.97. The highest BCUT2D eigenvalue weighted by Crippen LogP contribution is 2.22. The third kappa shape index (κ3) is 3.28. The van der Waals surface area contributed by atoms with Crippen LogP contribution in [-0.4, -0.2) is 17.0 Å². The zero-order valence-corrected chi connectivity index (χ0v) is 13.0. The summed E-state index contributed by atoms with van der Waals surface area (Å²) in [4.78, 5) is 12.4. The number of hydrogen-bond donors (Lipinski definition) is 1. The van der Waals surface area contributed by atoms with Crippen LogP contribution in [0.2, 0.25) is 0 Å². The Bertz CT molecular complexity index is 819. The van der Waals surface area contributed by atoms with Crippen molar-refractivity contribution in [3.8, 4) is 0 Å². The molecule has 4 nitrogen and oxygen atoms in total. The number of benzene rings is 1. The fourth-order valence-corrected chi connectivity index (χ4v) is 2.62. The van der Waals surface area contributed by atoms with E-state index in [1.807, 2.05) is 16.7 Å². The molecule has 0 saturated heterocycles. The van der Waals surface area contributed by atoms with Crippen LogP contribution in [0.15, 0.2) is 47.1 Å². The molecule has 0 fully saturated rings. The maximum atomic E-state index is 13.4. The number of amides is 1. The highest BCUT2D eigenvalue weighted by Gasteiger charge is 2.17. The Hall–Kier alpha value is -2.56. The average molecular weight is 314 g/mol. The Morgan fingerprint density at radius 2 is 2.17 bits per heavy atom. The topological polar surface area (TPSA) is 47.2 Å². The molecule has 0 spiro atoms. The van der Waals surface area contributed by atoms with Gasteiger partial charge in [0.1, 0.15) is 11.5 Å². The number of nitrogens with one attached hydrogen (secondary N) is 1. The molecule has 0 radical (unpaired) electrons. The minimum absolute atomic E-state index is 0.138. The van der Waals surface area contributed by atoms with Gasteiger partial charge in [0.15, 0.2) is 5.58 Å². The van der Waals surface area contributed by atoms with Gasteiger partial charge >= 0.3 is 0 Å². The summed E-state index contributed by atoms with van der Waals surface area (Å²) in [5.74, 6) is -0.423. The van der Waals surface area contributed by atoms with Gasteiger partial charge in [-0.3, -0.25) is 4.79 Å². The molecule has 0 bridgehead atoms. The largest absolute Gasteiger partial charge is 0.463 e. The summed E-state index contributed by atoms with van der Waals surface area (Å²) >= 11 is 0. The fourth-order valence-electron chi connectivity index (χ4n) is 2.62. The Morgan fingerprint density at radius 3 is 2.96 bits per heavy atom. The van der Waals surface area contributed by atoms with E-state index in [1.165, 1.54) is 12.1 Å². The number of carbonyl (C=O) groups is 1. The summed E-state index contributed by atoms with van der Waals surface area (Å²) in [6.07, 6.45) is 3.55. The van der Waals surface area contributed by atoms with Gasteiger partial charge in [-0.25, -0.2) is 4.39 Å². The second-order valence-electron chi connectivity index (χ2n) is 5.53. The van der Waals surface area contributed by atoms with Gasteiger partial charge in [0.25, 0.3) is 5.91 Å². The summed E-state index contributed by atoms with van der Waals surface area (Å²) in [5, 5.41) is 2.91. The van der Waals surface area contributed by atoms with Crippen LogP contribution in [-0.2, 0) is 6.54 Å². The first-order chi connectivity index (χ1) is 11.2. The van der Waals surface area contributed by atoms with Gasteiger partial charge in [-0.1, -0.05) is 25.5 Å². The molecular weight excluding hydrogens is 295 g/mol. The zero-order valence-electron chi connectivity index (χ0n) is 13.0. The van der Waals surface area contributed by atoms with Crippen LogP contribution < -0.4 is 5.32 Å². The van der Waals surface area contributed by atoms with E-state index in [2.05, 4.69) is 12.2 Å². The lowest BCUT2D eigenvalue weighted by Gasteiger charge is -2.10. The van der Waals surface area contributed by atoms with E-state index in [1.54, 1.807) is 18.4 Å². The quantitative estimate of drug-likeness (QED) is 0.700. The minimum Gasteiger partial charge on any atom is -0.463 e. The van der Waals surface area contributed by atoms with Crippen LogP contribution in [0.4, 0.5) is 4.39 Å². The first-order valence-electron chi connectivity index (χ1n) is 7.78. The third-order valence-electron chi connectivity index (χ3n) is 3.80. The smallest absolute Gasteiger partial charge is 0.268 e. The molecule has 1 amide bonds. The number of hydrogen-bond acceptors (Lipinski definition) is 2. The SMILES string of the molecule is CCCCNC(=O)c1cc2occc2n1Cc1cccc(F)c1. The molecule has 0 atom stereocenters. The van der Waals surface area contributed by atoms with E-state index in [4.69, 9.17) is 4.42 Å². The number of nitrogens with zero attached hydrogens (tertiary/aromatic N) is 1. The average Bonchev–Trinajstić information content (AvgIpc) is 3.10. The van der Waals surface area contributed by atoms with Crippen molar-refractivity contribution in [2.45, 2.75) is 26.3 Å². The first-order valence-corrected chi connectivity index (χ1v) is 7.78. The summed E-state index contributed by atoms with van der Waals surface area (Å²) in [6.45, 7) is 3.13. The Labute approximate surface area is 133 Å². The number of furan rings is 1. The van der Waals surface area contributed by atoms with Crippen LogP contribution in [0.25, 0.3) is 11.1 Å². The molecular formula is C18H19FN2O2. The van der Waals surface area contributed by atoms with Gasteiger partial charge in [-0.2, -0.15) is 0 Å². The van der Waals surface area contributed by atoms with Crippen molar-refractivity contribution in [2.75, 3.05) is 6.54 Å². The zero-order chi connectivity index (χ0) is 16.2. The van der Waals surface area contributed by atoms with Crippen LogP contribution in [0, 0.1) is 5.82 Å². The van der Waals surface area contributed by atoms with Crippen LogP contribution in [0.1, 0.15) is 35.8 Å². The third-order valence-corrected chi connectivity index (χ3v) is 3.80. The molecule has 2 aromatic heterocycles. The molecule has 5 heteroatoms.